The van der Waals surface area contributed by atoms with Crippen LogP contribution in [0.5, 0.6) is 0 Å². The van der Waals surface area contributed by atoms with E-state index in [-0.39, 0.29) is 5.91 Å². The summed E-state index contributed by atoms with van der Waals surface area (Å²) in [6.45, 7) is 3.77. The lowest BCUT2D eigenvalue weighted by molar-refractivity contribution is 0.0783. The molecule has 0 spiro atoms. The smallest absolute Gasteiger partial charge is 0.256 e. The highest BCUT2D eigenvalue weighted by molar-refractivity contribution is 6.04. The van der Waals surface area contributed by atoms with Crippen LogP contribution in [0.1, 0.15) is 10.4 Å². The lowest BCUT2D eigenvalue weighted by Crippen LogP contribution is -2.32. The van der Waals surface area contributed by atoms with Crippen molar-refractivity contribution in [3.05, 3.63) is 36.2 Å². The van der Waals surface area contributed by atoms with Crippen molar-refractivity contribution >= 4 is 16.9 Å². The summed E-state index contributed by atoms with van der Waals surface area (Å²) >= 11 is 0. The zero-order valence-electron chi connectivity index (χ0n) is 11.1. The average molecular weight is 268 g/mol. The van der Waals surface area contributed by atoms with Crippen LogP contribution in [-0.4, -0.2) is 47.0 Å². The molecule has 1 N–H and O–H groups in total. The molecule has 0 saturated carbocycles. The zero-order valence-corrected chi connectivity index (χ0v) is 11.1. The van der Waals surface area contributed by atoms with E-state index in [1.54, 1.807) is 12.4 Å². The summed E-state index contributed by atoms with van der Waals surface area (Å²) in [5.74, 6) is 1.31. The van der Waals surface area contributed by atoms with Crippen molar-refractivity contribution < 1.29 is 4.79 Å². The molecule has 1 aromatic carbocycles. The number of hydrogen-bond donors (Lipinski definition) is 1. The van der Waals surface area contributed by atoms with E-state index in [9.17, 15) is 4.79 Å². The quantitative estimate of drug-likeness (QED) is 0.835. The van der Waals surface area contributed by atoms with E-state index in [0.717, 1.165) is 31.7 Å². The molecule has 5 heteroatoms. The van der Waals surface area contributed by atoms with Gasteiger partial charge in [-0.05, 0) is 24.0 Å². The Hall–Kier alpha value is -2.01. The average Bonchev–Trinajstić information content (AvgIpc) is 3.07. The molecule has 5 nitrogen and oxygen atoms in total. The molecule has 2 aliphatic rings. The second-order valence-corrected chi connectivity index (χ2v) is 5.62. The van der Waals surface area contributed by atoms with Gasteiger partial charge in [0.2, 0.25) is 0 Å². The molecule has 1 aromatic heterocycles. The molecule has 2 fully saturated rings. The van der Waals surface area contributed by atoms with Gasteiger partial charge < -0.3 is 10.2 Å². The lowest BCUT2D eigenvalue weighted by Gasteiger charge is -2.18. The van der Waals surface area contributed by atoms with Gasteiger partial charge in [0.1, 0.15) is 5.52 Å². The Morgan fingerprint density at radius 3 is 2.70 bits per heavy atom. The van der Waals surface area contributed by atoms with Crippen LogP contribution in [0.25, 0.3) is 11.0 Å². The Balaban J connectivity index is 1.68. The van der Waals surface area contributed by atoms with Crippen molar-refractivity contribution in [2.45, 2.75) is 0 Å². The first kappa shape index (κ1) is 11.8. The van der Waals surface area contributed by atoms with Crippen LogP contribution in [0.2, 0.25) is 0 Å². The second-order valence-electron chi connectivity index (χ2n) is 5.62. The maximum Gasteiger partial charge on any atom is 0.256 e. The molecular formula is C15H16N4O. The van der Waals surface area contributed by atoms with Crippen LogP contribution in [-0.2, 0) is 0 Å². The van der Waals surface area contributed by atoms with Gasteiger partial charge in [0.25, 0.3) is 5.91 Å². The molecule has 102 valence electrons. The fourth-order valence-electron chi connectivity index (χ4n) is 3.36. The molecule has 0 aliphatic carbocycles. The zero-order chi connectivity index (χ0) is 13.5. The van der Waals surface area contributed by atoms with Crippen molar-refractivity contribution in [3.8, 4) is 0 Å². The number of para-hydroxylation sites is 1. The predicted molar refractivity (Wildman–Crippen MR) is 75.3 cm³/mol. The van der Waals surface area contributed by atoms with Crippen molar-refractivity contribution in [1.82, 2.24) is 20.2 Å². The van der Waals surface area contributed by atoms with E-state index < -0.39 is 0 Å². The fourth-order valence-corrected chi connectivity index (χ4v) is 3.36. The summed E-state index contributed by atoms with van der Waals surface area (Å²) in [7, 11) is 0. The number of nitrogens with zero attached hydrogens (tertiary/aromatic N) is 3. The van der Waals surface area contributed by atoms with Gasteiger partial charge in [0.05, 0.1) is 11.1 Å². The van der Waals surface area contributed by atoms with E-state index in [1.165, 1.54) is 0 Å². The topological polar surface area (TPSA) is 58.1 Å². The summed E-state index contributed by atoms with van der Waals surface area (Å²) in [5, 5.41) is 3.39. The molecule has 0 radical (unpaired) electrons. The largest absolute Gasteiger partial charge is 0.338 e. The van der Waals surface area contributed by atoms with Gasteiger partial charge in [-0.15, -0.1) is 0 Å². The molecule has 2 aromatic rings. The standard InChI is InChI=1S/C15H16N4O/c20-15(19-8-10-6-16-7-11(10)9-19)12-2-1-3-13-14(12)18-5-4-17-13/h1-5,10-11,16H,6-9H2/t10-,11+. The first-order chi connectivity index (χ1) is 9.83. The minimum atomic E-state index is 0.0884. The fraction of sp³-hybridized carbons (Fsp3) is 0.400. The Bertz CT molecular complexity index is 654. The van der Waals surface area contributed by atoms with Gasteiger partial charge in [0, 0.05) is 38.6 Å². The number of rotatable bonds is 1. The molecule has 2 atom stereocenters. The maximum absolute atomic E-state index is 12.7. The van der Waals surface area contributed by atoms with Crippen LogP contribution < -0.4 is 5.32 Å². The van der Waals surface area contributed by atoms with Gasteiger partial charge in [-0.1, -0.05) is 6.07 Å². The SMILES string of the molecule is O=C(c1cccc2nccnc12)N1C[C@H]2CNC[C@H]2C1. The second kappa shape index (κ2) is 4.52. The highest BCUT2D eigenvalue weighted by atomic mass is 16.2. The molecule has 0 unspecified atom stereocenters. The van der Waals surface area contributed by atoms with E-state index in [4.69, 9.17) is 0 Å². The third kappa shape index (κ3) is 1.78. The maximum atomic E-state index is 12.7. The molecule has 2 saturated heterocycles. The lowest BCUT2D eigenvalue weighted by atomic mass is 10.0. The normalized spacial score (nSPS) is 25.1. The number of amides is 1. The highest BCUT2D eigenvalue weighted by Gasteiger charge is 2.38. The van der Waals surface area contributed by atoms with Crippen molar-refractivity contribution in [2.24, 2.45) is 11.8 Å². The molecule has 4 rings (SSSR count). The number of benzene rings is 1. The van der Waals surface area contributed by atoms with E-state index >= 15 is 0 Å². The van der Waals surface area contributed by atoms with Gasteiger partial charge in [-0.3, -0.25) is 14.8 Å². The summed E-state index contributed by atoms with van der Waals surface area (Å²) in [6, 6.07) is 5.62. The third-order valence-electron chi connectivity index (χ3n) is 4.41. The van der Waals surface area contributed by atoms with Crippen LogP contribution in [0.15, 0.2) is 30.6 Å². The number of likely N-dealkylation sites (tertiary alicyclic amines) is 1. The summed E-state index contributed by atoms with van der Waals surface area (Å²) < 4.78 is 0. The van der Waals surface area contributed by atoms with E-state index in [1.807, 2.05) is 23.1 Å². The Morgan fingerprint density at radius 1 is 1.15 bits per heavy atom. The molecule has 1 amide bonds. The third-order valence-corrected chi connectivity index (χ3v) is 4.41. The number of carbonyl (C=O) groups is 1. The minimum Gasteiger partial charge on any atom is -0.338 e. The first-order valence-corrected chi connectivity index (χ1v) is 7.02. The molecular weight excluding hydrogens is 252 g/mol. The summed E-state index contributed by atoms with van der Waals surface area (Å²) in [5.41, 5.74) is 2.15. The van der Waals surface area contributed by atoms with Gasteiger partial charge in [0.15, 0.2) is 0 Å². The summed E-state index contributed by atoms with van der Waals surface area (Å²) in [6.07, 6.45) is 3.30. The van der Waals surface area contributed by atoms with Crippen LogP contribution in [0.3, 0.4) is 0 Å². The molecule has 3 heterocycles. The summed E-state index contributed by atoms with van der Waals surface area (Å²) in [4.78, 5) is 23.3. The number of hydrogen-bond acceptors (Lipinski definition) is 4. The van der Waals surface area contributed by atoms with E-state index in [0.29, 0.717) is 22.9 Å². The van der Waals surface area contributed by atoms with Crippen LogP contribution >= 0.6 is 0 Å². The van der Waals surface area contributed by atoms with Gasteiger partial charge in [-0.2, -0.15) is 0 Å². The number of carbonyl (C=O) groups excluding carboxylic acids is 1. The minimum absolute atomic E-state index is 0.0884. The van der Waals surface area contributed by atoms with Gasteiger partial charge in [-0.25, -0.2) is 0 Å². The van der Waals surface area contributed by atoms with Gasteiger partial charge >= 0.3 is 0 Å². The molecule has 2 aliphatic heterocycles. The number of fused-ring (bicyclic) bond motifs is 2. The Morgan fingerprint density at radius 2 is 1.90 bits per heavy atom. The van der Waals surface area contributed by atoms with Crippen molar-refractivity contribution in [1.29, 1.82) is 0 Å². The van der Waals surface area contributed by atoms with Crippen LogP contribution in [0, 0.1) is 11.8 Å². The monoisotopic (exact) mass is 268 g/mol. The number of nitrogens with one attached hydrogen (secondary N) is 1. The van der Waals surface area contributed by atoms with Crippen molar-refractivity contribution in [3.63, 3.8) is 0 Å². The number of aromatic nitrogens is 2. The van der Waals surface area contributed by atoms with E-state index in [2.05, 4.69) is 15.3 Å². The Kier molecular flexibility index (Phi) is 2.67. The molecule has 0 bridgehead atoms. The first-order valence-electron chi connectivity index (χ1n) is 7.02. The van der Waals surface area contributed by atoms with Crippen LogP contribution in [0.4, 0.5) is 0 Å². The Labute approximate surface area is 117 Å². The highest BCUT2D eigenvalue weighted by Crippen LogP contribution is 2.28. The molecule has 20 heavy (non-hydrogen) atoms. The predicted octanol–water partition coefficient (Wildman–Crippen LogP) is 0.921. The van der Waals surface area contributed by atoms with Crippen molar-refractivity contribution in [2.75, 3.05) is 26.2 Å².